The Morgan fingerprint density at radius 1 is 1.18 bits per heavy atom. The average molecular weight is 481 g/mol. The maximum absolute atomic E-state index is 14.7. The van der Waals surface area contributed by atoms with E-state index < -0.39 is 23.8 Å². The maximum atomic E-state index is 14.7. The third-order valence-corrected chi connectivity index (χ3v) is 7.00. The summed E-state index contributed by atoms with van der Waals surface area (Å²) in [6, 6.07) is 9.40. The second-order valence-electron chi connectivity index (χ2n) is 7.96. The fourth-order valence-corrected chi connectivity index (χ4v) is 5.46. The van der Waals surface area contributed by atoms with Gasteiger partial charge in [0, 0.05) is 39.6 Å². The summed E-state index contributed by atoms with van der Waals surface area (Å²) in [4.78, 5) is 12.5. The molecule has 1 atom stereocenters. The molecule has 0 saturated heterocycles. The molecule has 1 aliphatic heterocycles. The van der Waals surface area contributed by atoms with Gasteiger partial charge in [0.2, 0.25) is 0 Å². The summed E-state index contributed by atoms with van der Waals surface area (Å²) in [6.07, 6.45) is 5.12. The van der Waals surface area contributed by atoms with Gasteiger partial charge in [0.25, 0.3) is 0 Å². The van der Waals surface area contributed by atoms with Crippen LogP contribution in [-0.2, 0) is 27.2 Å². The molecule has 4 aromatic rings. The zero-order valence-electron chi connectivity index (χ0n) is 18.6. The Morgan fingerprint density at radius 3 is 2.82 bits per heavy atom. The zero-order valence-corrected chi connectivity index (χ0v) is 19.4. The van der Waals surface area contributed by atoms with Gasteiger partial charge in [-0.25, -0.2) is 8.78 Å². The largest absolute Gasteiger partial charge is 0.469 e. The number of hydrogen-bond donors (Lipinski definition) is 1. The Morgan fingerprint density at radius 2 is 2.03 bits per heavy atom. The predicted molar refractivity (Wildman–Crippen MR) is 130 cm³/mol. The molecule has 5 rings (SSSR count). The van der Waals surface area contributed by atoms with Crippen LogP contribution in [0.5, 0.6) is 0 Å². The highest BCUT2D eigenvalue weighted by Gasteiger charge is 2.28. The standard InChI is InChI=1S/C26H22F2N2O3S/c1-32-22(31)13-21-23(18-4-3-10-29-26(18)33-2)24-20(8-5-15-9-11-34-25(15)24)30(21)14-16-12-17(27)6-7-19(16)28/h3-12,26,29H,13-14H2,1-2H3. The molecule has 0 aliphatic carbocycles. The van der Waals surface area contributed by atoms with Gasteiger partial charge in [-0.05, 0) is 53.4 Å². The molecule has 0 fully saturated rings. The van der Waals surface area contributed by atoms with Crippen molar-refractivity contribution in [1.29, 1.82) is 0 Å². The van der Waals surface area contributed by atoms with Crippen molar-refractivity contribution in [3.05, 3.63) is 88.6 Å². The van der Waals surface area contributed by atoms with Gasteiger partial charge in [-0.15, -0.1) is 11.3 Å². The molecule has 0 saturated carbocycles. The highest BCUT2D eigenvalue weighted by atomic mass is 32.1. The van der Waals surface area contributed by atoms with Gasteiger partial charge in [0.1, 0.15) is 11.6 Å². The number of benzene rings is 2. The fourth-order valence-electron chi connectivity index (χ4n) is 4.51. The first-order chi connectivity index (χ1) is 16.5. The van der Waals surface area contributed by atoms with Crippen LogP contribution in [0.15, 0.2) is 60.1 Å². The summed E-state index contributed by atoms with van der Waals surface area (Å²) in [5, 5.41) is 7.20. The predicted octanol–water partition coefficient (Wildman–Crippen LogP) is 5.37. The van der Waals surface area contributed by atoms with E-state index in [0.717, 1.165) is 44.3 Å². The molecule has 174 valence electrons. The Bertz CT molecular complexity index is 1470. The molecule has 0 amide bonds. The molecule has 2 aromatic carbocycles. The number of allylic oxidation sites excluding steroid dienone is 2. The number of hydrogen-bond acceptors (Lipinski definition) is 5. The Hall–Kier alpha value is -3.49. The number of nitrogens with zero attached hydrogens (tertiary/aromatic N) is 1. The number of methoxy groups -OCH3 is 2. The van der Waals surface area contributed by atoms with Crippen LogP contribution in [0.1, 0.15) is 16.8 Å². The molecule has 5 nitrogen and oxygen atoms in total. The molecule has 0 radical (unpaired) electrons. The number of carbonyl (C=O) groups is 1. The number of aromatic nitrogens is 1. The molecule has 2 aromatic heterocycles. The number of fused-ring (bicyclic) bond motifs is 3. The molecule has 1 aliphatic rings. The molecule has 3 heterocycles. The maximum Gasteiger partial charge on any atom is 0.311 e. The second-order valence-corrected chi connectivity index (χ2v) is 8.87. The van der Waals surface area contributed by atoms with Crippen molar-refractivity contribution in [3.63, 3.8) is 0 Å². The monoisotopic (exact) mass is 480 g/mol. The van der Waals surface area contributed by atoms with Crippen LogP contribution in [0.3, 0.4) is 0 Å². The van der Waals surface area contributed by atoms with E-state index in [-0.39, 0.29) is 18.5 Å². The molecule has 0 bridgehead atoms. The number of ether oxygens (including phenoxy) is 2. The number of esters is 1. The van der Waals surface area contributed by atoms with E-state index >= 15 is 0 Å². The van der Waals surface area contributed by atoms with Crippen LogP contribution in [-0.4, -0.2) is 31.0 Å². The van der Waals surface area contributed by atoms with Crippen LogP contribution in [0, 0.1) is 11.6 Å². The first-order valence-corrected chi connectivity index (χ1v) is 11.6. The lowest BCUT2D eigenvalue weighted by molar-refractivity contribution is -0.139. The van der Waals surface area contributed by atoms with E-state index in [1.54, 1.807) is 24.6 Å². The van der Waals surface area contributed by atoms with E-state index in [1.165, 1.54) is 13.2 Å². The molecule has 8 heteroatoms. The minimum Gasteiger partial charge on any atom is -0.469 e. The highest BCUT2D eigenvalue weighted by molar-refractivity contribution is 7.18. The molecular weight excluding hydrogens is 458 g/mol. The topological polar surface area (TPSA) is 52.5 Å². The third-order valence-electron chi connectivity index (χ3n) is 6.06. The second kappa shape index (κ2) is 9.04. The number of thiophene rings is 1. The molecular formula is C26H22F2N2O3S. The first-order valence-electron chi connectivity index (χ1n) is 10.7. The van der Waals surface area contributed by atoms with Crippen molar-refractivity contribution < 1.29 is 23.0 Å². The van der Waals surface area contributed by atoms with E-state index in [9.17, 15) is 13.6 Å². The lowest BCUT2D eigenvalue weighted by Gasteiger charge is -2.23. The van der Waals surface area contributed by atoms with Crippen LogP contribution in [0.2, 0.25) is 0 Å². The van der Waals surface area contributed by atoms with Crippen molar-refractivity contribution in [1.82, 2.24) is 9.88 Å². The van der Waals surface area contributed by atoms with E-state index in [2.05, 4.69) is 5.32 Å². The van der Waals surface area contributed by atoms with Crippen molar-refractivity contribution >= 4 is 43.9 Å². The minimum absolute atomic E-state index is 0.0399. The number of halogens is 2. The van der Waals surface area contributed by atoms with E-state index in [0.29, 0.717) is 5.69 Å². The van der Waals surface area contributed by atoms with Crippen molar-refractivity contribution in [2.45, 2.75) is 19.2 Å². The number of nitrogens with one attached hydrogen (secondary N) is 1. The Labute approximate surface area is 198 Å². The summed E-state index contributed by atoms with van der Waals surface area (Å²) in [5.74, 6) is -1.46. The Kier molecular flexibility index (Phi) is 5.93. The van der Waals surface area contributed by atoms with Crippen LogP contribution < -0.4 is 5.32 Å². The molecule has 34 heavy (non-hydrogen) atoms. The van der Waals surface area contributed by atoms with Crippen LogP contribution >= 0.6 is 11.3 Å². The van der Waals surface area contributed by atoms with Crippen molar-refractivity contribution in [3.8, 4) is 0 Å². The first kappa shape index (κ1) is 22.3. The lowest BCUT2D eigenvalue weighted by Crippen LogP contribution is -2.30. The smallest absolute Gasteiger partial charge is 0.311 e. The van der Waals surface area contributed by atoms with Gasteiger partial charge in [-0.1, -0.05) is 12.1 Å². The fraction of sp³-hybridized carbons (Fsp3) is 0.192. The van der Waals surface area contributed by atoms with Gasteiger partial charge in [0.05, 0.1) is 25.6 Å². The molecule has 0 spiro atoms. The lowest BCUT2D eigenvalue weighted by atomic mass is 9.97. The SMILES string of the molecule is COC(=O)Cc1c(C2=CC=CNC2OC)c2c3sccc3ccc2n1Cc1cc(F)ccc1F. The molecule has 1 N–H and O–H groups in total. The number of carbonyl (C=O) groups excluding carboxylic acids is 1. The van der Waals surface area contributed by atoms with E-state index in [4.69, 9.17) is 9.47 Å². The summed E-state index contributed by atoms with van der Waals surface area (Å²) in [7, 11) is 2.94. The summed E-state index contributed by atoms with van der Waals surface area (Å²) in [5.41, 5.74) is 3.33. The van der Waals surface area contributed by atoms with Crippen molar-refractivity contribution in [2.24, 2.45) is 0 Å². The van der Waals surface area contributed by atoms with Gasteiger partial charge in [-0.2, -0.15) is 0 Å². The van der Waals surface area contributed by atoms with E-state index in [1.807, 2.05) is 40.3 Å². The van der Waals surface area contributed by atoms with Gasteiger partial charge in [0.15, 0.2) is 6.23 Å². The zero-order chi connectivity index (χ0) is 23.8. The Balaban J connectivity index is 1.86. The number of rotatable bonds is 6. The average Bonchev–Trinajstić information content (AvgIpc) is 3.44. The summed E-state index contributed by atoms with van der Waals surface area (Å²) in [6.45, 7) is 0.0531. The number of dihydropyridines is 1. The van der Waals surface area contributed by atoms with Crippen LogP contribution in [0.25, 0.3) is 26.6 Å². The van der Waals surface area contributed by atoms with Crippen LogP contribution in [0.4, 0.5) is 8.78 Å². The van der Waals surface area contributed by atoms with Gasteiger partial charge < -0.3 is 19.4 Å². The minimum atomic E-state index is -0.521. The summed E-state index contributed by atoms with van der Waals surface area (Å²) >= 11 is 1.59. The quantitative estimate of drug-likeness (QED) is 0.377. The third kappa shape index (κ3) is 3.78. The van der Waals surface area contributed by atoms with Gasteiger partial charge in [-0.3, -0.25) is 4.79 Å². The normalized spacial score (nSPS) is 15.5. The van der Waals surface area contributed by atoms with Crippen molar-refractivity contribution in [2.75, 3.05) is 14.2 Å². The summed E-state index contributed by atoms with van der Waals surface area (Å²) < 4.78 is 42.3. The molecule has 1 unspecified atom stereocenters. The van der Waals surface area contributed by atoms with Gasteiger partial charge >= 0.3 is 5.97 Å². The highest BCUT2D eigenvalue weighted by Crippen LogP contribution is 2.41.